The van der Waals surface area contributed by atoms with Gasteiger partial charge in [-0.15, -0.1) is 11.6 Å². The molecule has 0 saturated carbocycles. The predicted octanol–water partition coefficient (Wildman–Crippen LogP) is 6.11. The molecule has 2 amide bonds. The van der Waals surface area contributed by atoms with Gasteiger partial charge in [-0.05, 0) is 89.8 Å². The summed E-state index contributed by atoms with van der Waals surface area (Å²) in [5.41, 5.74) is 1.25. The van der Waals surface area contributed by atoms with Crippen molar-refractivity contribution in [1.82, 2.24) is 10.6 Å². The summed E-state index contributed by atoms with van der Waals surface area (Å²) in [5.74, 6) is 1.65. The Morgan fingerprint density at radius 1 is 0.698 bits per heavy atom. The molecule has 2 aromatic rings. The molecular formula is C32H51ClN2O8. The number of carbonyl (C=O) groups is 2. The summed E-state index contributed by atoms with van der Waals surface area (Å²) in [6, 6.07) is 14.7. The van der Waals surface area contributed by atoms with Crippen molar-refractivity contribution in [3.8, 4) is 11.5 Å². The first-order valence-electron chi connectivity index (χ1n) is 14.2. The molecule has 11 heteroatoms. The molecule has 0 aliphatic rings. The maximum absolute atomic E-state index is 11.5. The van der Waals surface area contributed by atoms with Gasteiger partial charge in [0.1, 0.15) is 29.3 Å². The molecule has 0 radical (unpaired) electrons. The SMILES string of the molecule is CC(C)(C)OC(=O)NCCc1ccc(O)cc1.COCCCl.COCCOc1ccc(CCNC(=O)OC(C)(C)C)cc1. The maximum Gasteiger partial charge on any atom is 0.407 e. The Bertz CT molecular complexity index is 1000. The summed E-state index contributed by atoms with van der Waals surface area (Å²) >= 11 is 5.18. The number of benzene rings is 2. The lowest BCUT2D eigenvalue weighted by molar-refractivity contribution is 0.0517. The number of phenolic OH excluding ortho intramolecular Hbond substituents is 1. The van der Waals surface area contributed by atoms with Crippen LogP contribution in [0.2, 0.25) is 0 Å². The zero-order chi connectivity index (χ0) is 32.7. The predicted molar refractivity (Wildman–Crippen MR) is 170 cm³/mol. The van der Waals surface area contributed by atoms with Crippen molar-refractivity contribution in [2.24, 2.45) is 0 Å². The summed E-state index contributed by atoms with van der Waals surface area (Å²) in [5, 5.41) is 14.5. The summed E-state index contributed by atoms with van der Waals surface area (Å²) in [6.07, 6.45) is 0.662. The molecule has 244 valence electrons. The van der Waals surface area contributed by atoms with Gasteiger partial charge >= 0.3 is 12.2 Å². The lowest BCUT2D eigenvalue weighted by atomic mass is 10.1. The van der Waals surface area contributed by atoms with E-state index in [4.69, 9.17) is 35.7 Å². The number of halogens is 1. The second-order valence-corrected chi connectivity index (χ2v) is 11.6. The van der Waals surface area contributed by atoms with Crippen LogP contribution in [0.3, 0.4) is 0 Å². The third kappa shape index (κ3) is 25.0. The number of alkyl carbamates (subject to hydrolysis) is 2. The Balaban J connectivity index is 0.000000720. The second-order valence-electron chi connectivity index (χ2n) is 11.2. The lowest BCUT2D eigenvalue weighted by Crippen LogP contribution is -2.33. The van der Waals surface area contributed by atoms with E-state index in [-0.39, 0.29) is 11.8 Å². The maximum atomic E-state index is 11.5. The standard InChI is InChI=1S/C16H25NO4.C13H19NO3.C3H7ClO/c1-16(2,3)21-15(18)17-10-9-13-5-7-14(8-6-13)20-12-11-19-4;1-13(2,3)17-12(16)14-9-8-10-4-6-11(15)7-5-10;1-5-3-2-4/h5-8H,9-12H2,1-4H3,(H,17,18);4-7,15H,8-9H2,1-3H3,(H,14,16);2-3H2,1H3. The molecule has 0 aromatic heterocycles. The molecule has 0 saturated heterocycles. The van der Waals surface area contributed by atoms with E-state index in [0.29, 0.717) is 45.2 Å². The number of carbonyl (C=O) groups excluding carboxylic acids is 2. The largest absolute Gasteiger partial charge is 0.508 e. The number of nitrogens with one attached hydrogen (secondary N) is 2. The quantitative estimate of drug-likeness (QED) is 0.190. The van der Waals surface area contributed by atoms with Gasteiger partial charge in [-0.1, -0.05) is 24.3 Å². The third-order valence-corrected chi connectivity index (χ3v) is 5.02. The van der Waals surface area contributed by atoms with E-state index in [1.165, 1.54) is 0 Å². The molecule has 2 aromatic carbocycles. The van der Waals surface area contributed by atoms with E-state index >= 15 is 0 Å². The number of methoxy groups -OCH3 is 2. The van der Waals surface area contributed by atoms with Crippen LogP contribution in [-0.2, 0) is 31.8 Å². The average molecular weight is 627 g/mol. The smallest absolute Gasteiger partial charge is 0.407 e. The van der Waals surface area contributed by atoms with Crippen LogP contribution in [0.15, 0.2) is 48.5 Å². The summed E-state index contributed by atoms with van der Waals surface area (Å²) in [6.45, 7) is 13.8. The number of hydrogen-bond acceptors (Lipinski definition) is 8. The first kappa shape index (κ1) is 39.8. The van der Waals surface area contributed by atoms with Crippen LogP contribution < -0.4 is 15.4 Å². The van der Waals surface area contributed by atoms with Crippen LogP contribution >= 0.6 is 11.6 Å². The monoisotopic (exact) mass is 626 g/mol. The van der Waals surface area contributed by atoms with Crippen molar-refractivity contribution in [3.05, 3.63) is 59.7 Å². The van der Waals surface area contributed by atoms with Crippen molar-refractivity contribution in [3.63, 3.8) is 0 Å². The fourth-order valence-corrected chi connectivity index (χ4v) is 3.14. The highest BCUT2D eigenvalue weighted by molar-refractivity contribution is 6.17. The third-order valence-electron chi connectivity index (χ3n) is 4.86. The van der Waals surface area contributed by atoms with Crippen molar-refractivity contribution in [2.45, 2.75) is 65.6 Å². The number of hydrogen-bond donors (Lipinski definition) is 3. The molecule has 0 heterocycles. The Kier molecular flexibility index (Phi) is 20.7. The summed E-state index contributed by atoms with van der Waals surface area (Å²) in [7, 11) is 3.27. The second kappa shape index (κ2) is 22.3. The van der Waals surface area contributed by atoms with Crippen LogP contribution in [0, 0.1) is 0 Å². The van der Waals surface area contributed by atoms with Crippen molar-refractivity contribution in [1.29, 1.82) is 0 Å². The number of ether oxygens (including phenoxy) is 5. The Labute approximate surface area is 262 Å². The van der Waals surface area contributed by atoms with Crippen LogP contribution in [0.4, 0.5) is 9.59 Å². The summed E-state index contributed by atoms with van der Waals surface area (Å²) < 4.78 is 25.2. The number of phenols is 1. The van der Waals surface area contributed by atoms with Crippen LogP contribution in [0.5, 0.6) is 11.5 Å². The van der Waals surface area contributed by atoms with Crippen molar-refractivity contribution < 1.29 is 38.4 Å². The molecule has 43 heavy (non-hydrogen) atoms. The zero-order valence-electron chi connectivity index (χ0n) is 27.0. The van der Waals surface area contributed by atoms with Crippen molar-refractivity contribution in [2.75, 3.05) is 53.0 Å². The Hall–Kier alpha value is -3.21. The van der Waals surface area contributed by atoms with Gasteiger partial charge in [0.25, 0.3) is 0 Å². The molecule has 0 aliphatic carbocycles. The van der Waals surface area contributed by atoms with Gasteiger partial charge in [0.2, 0.25) is 0 Å². The fourth-order valence-electron chi connectivity index (χ4n) is 2.98. The first-order valence-corrected chi connectivity index (χ1v) is 14.7. The highest BCUT2D eigenvalue weighted by atomic mass is 35.5. The average Bonchev–Trinajstić information content (AvgIpc) is 2.90. The zero-order valence-corrected chi connectivity index (χ0v) is 27.7. The highest BCUT2D eigenvalue weighted by Gasteiger charge is 2.16. The number of amides is 2. The molecule has 0 spiro atoms. The topological polar surface area (TPSA) is 125 Å². The fraction of sp³-hybridized carbons (Fsp3) is 0.562. The van der Waals surface area contributed by atoms with E-state index < -0.39 is 17.3 Å². The number of rotatable bonds is 12. The highest BCUT2D eigenvalue weighted by Crippen LogP contribution is 2.13. The van der Waals surface area contributed by atoms with E-state index in [2.05, 4.69) is 15.4 Å². The van der Waals surface area contributed by atoms with Crippen LogP contribution in [0.25, 0.3) is 0 Å². The van der Waals surface area contributed by atoms with E-state index in [0.717, 1.165) is 23.3 Å². The van der Waals surface area contributed by atoms with E-state index in [1.54, 1.807) is 26.4 Å². The molecule has 0 aliphatic heterocycles. The molecule has 10 nitrogen and oxygen atoms in total. The number of alkyl halides is 1. The van der Waals surface area contributed by atoms with E-state index in [1.807, 2.05) is 77.9 Å². The molecule has 0 unspecified atom stereocenters. The normalized spacial score (nSPS) is 10.7. The molecule has 2 rings (SSSR count). The van der Waals surface area contributed by atoms with Gasteiger partial charge in [-0.2, -0.15) is 0 Å². The minimum absolute atomic E-state index is 0.244. The van der Waals surface area contributed by atoms with Gasteiger partial charge < -0.3 is 39.4 Å². The van der Waals surface area contributed by atoms with Gasteiger partial charge in [-0.3, -0.25) is 0 Å². The molecule has 0 bridgehead atoms. The lowest BCUT2D eigenvalue weighted by Gasteiger charge is -2.19. The van der Waals surface area contributed by atoms with Gasteiger partial charge in [-0.25, -0.2) is 9.59 Å². The minimum atomic E-state index is -0.470. The Morgan fingerprint density at radius 2 is 1.12 bits per heavy atom. The molecular weight excluding hydrogens is 576 g/mol. The molecule has 0 atom stereocenters. The van der Waals surface area contributed by atoms with E-state index in [9.17, 15) is 9.59 Å². The minimum Gasteiger partial charge on any atom is -0.508 e. The van der Waals surface area contributed by atoms with Gasteiger partial charge in [0, 0.05) is 33.2 Å². The Morgan fingerprint density at radius 3 is 1.47 bits per heavy atom. The summed E-state index contributed by atoms with van der Waals surface area (Å²) in [4.78, 5) is 22.8. The van der Waals surface area contributed by atoms with Crippen LogP contribution in [0.1, 0.15) is 52.7 Å². The molecule has 3 N–H and O–H groups in total. The molecule has 0 fully saturated rings. The van der Waals surface area contributed by atoms with Crippen molar-refractivity contribution >= 4 is 23.8 Å². The van der Waals surface area contributed by atoms with Gasteiger partial charge in [0.05, 0.1) is 13.2 Å². The first-order chi connectivity index (χ1) is 20.2. The van der Waals surface area contributed by atoms with Gasteiger partial charge in [0.15, 0.2) is 0 Å². The van der Waals surface area contributed by atoms with Crippen LogP contribution in [-0.4, -0.2) is 81.5 Å². The number of aromatic hydroxyl groups is 1.